The van der Waals surface area contributed by atoms with Crippen molar-refractivity contribution in [2.75, 3.05) is 26.2 Å². The molecule has 2 N–H and O–H groups in total. The third-order valence-corrected chi connectivity index (χ3v) is 4.94. The number of phenolic OH excluding ortho intramolecular Hbond substituents is 1. The first kappa shape index (κ1) is 13.4. The van der Waals surface area contributed by atoms with Crippen LogP contribution in [0, 0.1) is 5.92 Å². The monoisotopic (exact) mass is 324 g/mol. The van der Waals surface area contributed by atoms with E-state index in [0.717, 1.165) is 36.2 Å². The number of nitrogens with one attached hydrogen (secondary N) is 1. The third kappa shape index (κ3) is 2.81. The second kappa shape index (κ2) is 5.81. The van der Waals surface area contributed by atoms with Gasteiger partial charge in [0, 0.05) is 42.3 Å². The fraction of sp³-hybridized carbons (Fsp3) is 0.600. The van der Waals surface area contributed by atoms with Gasteiger partial charge in [0.25, 0.3) is 0 Å². The maximum Gasteiger partial charge on any atom is 0.120 e. The Kier molecular flexibility index (Phi) is 4.10. The summed E-state index contributed by atoms with van der Waals surface area (Å²) in [5.41, 5.74) is 1.10. The van der Waals surface area contributed by atoms with Crippen molar-refractivity contribution in [2.24, 2.45) is 5.92 Å². The average molecular weight is 325 g/mol. The van der Waals surface area contributed by atoms with Gasteiger partial charge in [-0.25, -0.2) is 0 Å². The molecule has 1 aromatic rings. The van der Waals surface area contributed by atoms with Gasteiger partial charge in [0.05, 0.1) is 0 Å². The summed E-state index contributed by atoms with van der Waals surface area (Å²) in [5.74, 6) is 1.15. The van der Waals surface area contributed by atoms with Gasteiger partial charge in [-0.2, -0.15) is 0 Å². The number of halogens is 1. The molecule has 0 aromatic heterocycles. The summed E-state index contributed by atoms with van der Waals surface area (Å²) < 4.78 is 1.06. The molecule has 0 spiro atoms. The first-order valence-electron chi connectivity index (χ1n) is 7.19. The molecular weight excluding hydrogens is 304 g/mol. The van der Waals surface area contributed by atoms with E-state index in [-0.39, 0.29) is 0 Å². The molecule has 3 rings (SSSR count). The Hall–Kier alpha value is -0.580. The zero-order valence-corrected chi connectivity index (χ0v) is 12.7. The van der Waals surface area contributed by atoms with Gasteiger partial charge >= 0.3 is 0 Å². The van der Waals surface area contributed by atoms with E-state index >= 15 is 0 Å². The molecule has 3 nitrogen and oxygen atoms in total. The summed E-state index contributed by atoms with van der Waals surface area (Å²) in [6, 6.07) is 6.20. The molecule has 2 aliphatic rings. The van der Waals surface area contributed by atoms with E-state index in [1.165, 1.54) is 19.3 Å². The molecule has 2 fully saturated rings. The lowest BCUT2D eigenvalue weighted by atomic mass is 9.76. The van der Waals surface area contributed by atoms with E-state index in [4.69, 9.17) is 0 Å². The number of hydrogen-bond acceptors (Lipinski definition) is 3. The number of piperazine rings is 1. The van der Waals surface area contributed by atoms with Crippen molar-refractivity contribution in [3.05, 3.63) is 28.2 Å². The fourth-order valence-corrected chi connectivity index (χ4v) is 3.61. The smallest absolute Gasteiger partial charge is 0.120 e. The Morgan fingerprint density at radius 1 is 1.26 bits per heavy atom. The predicted molar refractivity (Wildman–Crippen MR) is 80.3 cm³/mol. The lowest BCUT2D eigenvalue weighted by Gasteiger charge is -2.43. The topological polar surface area (TPSA) is 35.5 Å². The second-order valence-electron chi connectivity index (χ2n) is 5.62. The lowest BCUT2D eigenvalue weighted by Crippen LogP contribution is -2.47. The third-order valence-electron chi connectivity index (χ3n) is 4.45. The number of rotatable bonds is 3. The molecular formula is C15H21BrN2O. The molecule has 0 amide bonds. The number of benzene rings is 1. The molecule has 1 saturated heterocycles. The fourth-order valence-electron chi connectivity index (χ4n) is 3.23. The highest BCUT2D eigenvalue weighted by molar-refractivity contribution is 9.10. The molecule has 19 heavy (non-hydrogen) atoms. The number of phenols is 1. The Morgan fingerprint density at radius 2 is 2.00 bits per heavy atom. The molecule has 0 bridgehead atoms. The van der Waals surface area contributed by atoms with Gasteiger partial charge in [-0.05, 0) is 37.0 Å². The van der Waals surface area contributed by atoms with Crippen molar-refractivity contribution in [1.29, 1.82) is 0 Å². The Morgan fingerprint density at radius 3 is 2.63 bits per heavy atom. The molecule has 0 unspecified atom stereocenters. The predicted octanol–water partition coefficient (Wildman–Crippen LogP) is 2.90. The van der Waals surface area contributed by atoms with E-state index in [0.29, 0.717) is 17.7 Å². The lowest BCUT2D eigenvalue weighted by molar-refractivity contribution is 0.0819. The zero-order valence-electron chi connectivity index (χ0n) is 11.1. The van der Waals surface area contributed by atoms with Crippen LogP contribution in [0.1, 0.15) is 30.9 Å². The molecule has 4 heteroatoms. The van der Waals surface area contributed by atoms with Gasteiger partial charge in [0.1, 0.15) is 5.75 Å². The number of aromatic hydroxyl groups is 1. The van der Waals surface area contributed by atoms with Crippen LogP contribution in [0.3, 0.4) is 0 Å². The van der Waals surface area contributed by atoms with Crippen LogP contribution in [-0.2, 0) is 0 Å². The van der Waals surface area contributed by atoms with Crippen LogP contribution in [0.15, 0.2) is 22.7 Å². The van der Waals surface area contributed by atoms with Gasteiger partial charge < -0.3 is 10.4 Å². The van der Waals surface area contributed by atoms with Crippen molar-refractivity contribution in [3.8, 4) is 5.75 Å². The highest BCUT2D eigenvalue weighted by atomic mass is 79.9. The highest BCUT2D eigenvalue weighted by Crippen LogP contribution is 2.44. The van der Waals surface area contributed by atoms with E-state index in [1.807, 2.05) is 12.1 Å². The Bertz CT molecular complexity index is 442. The van der Waals surface area contributed by atoms with Gasteiger partial charge in [-0.3, -0.25) is 4.90 Å². The molecule has 1 aliphatic heterocycles. The molecule has 1 heterocycles. The van der Waals surface area contributed by atoms with Crippen molar-refractivity contribution in [3.63, 3.8) is 0 Å². The minimum Gasteiger partial charge on any atom is -0.508 e. The van der Waals surface area contributed by atoms with E-state index in [1.54, 1.807) is 0 Å². The Labute approximate surface area is 123 Å². The summed E-state index contributed by atoms with van der Waals surface area (Å²) in [7, 11) is 0. The van der Waals surface area contributed by atoms with Crippen LogP contribution in [0.25, 0.3) is 0 Å². The van der Waals surface area contributed by atoms with E-state index in [9.17, 15) is 5.11 Å². The molecule has 0 radical (unpaired) electrons. The van der Waals surface area contributed by atoms with Crippen molar-refractivity contribution < 1.29 is 5.11 Å². The van der Waals surface area contributed by atoms with Crippen LogP contribution in [0.4, 0.5) is 0 Å². The van der Waals surface area contributed by atoms with E-state index in [2.05, 4.69) is 32.2 Å². The number of nitrogens with zero attached hydrogens (tertiary/aromatic N) is 1. The quantitative estimate of drug-likeness (QED) is 0.897. The van der Waals surface area contributed by atoms with E-state index < -0.39 is 0 Å². The van der Waals surface area contributed by atoms with Crippen LogP contribution >= 0.6 is 15.9 Å². The summed E-state index contributed by atoms with van der Waals surface area (Å²) in [5, 5.41) is 13.6. The normalized spacial score (nSPS) is 23.0. The average Bonchev–Trinajstić information content (AvgIpc) is 2.38. The second-order valence-corrected chi connectivity index (χ2v) is 6.54. The summed E-state index contributed by atoms with van der Waals surface area (Å²) in [4.78, 5) is 2.54. The van der Waals surface area contributed by atoms with Crippen LogP contribution < -0.4 is 5.32 Å². The largest absolute Gasteiger partial charge is 0.508 e. The van der Waals surface area contributed by atoms with Crippen molar-refractivity contribution in [2.45, 2.75) is 25.3 Å². The highest BCUT2D eigenvalue weighted by Gasteiger charge is 2.34. The maximum absolute atomic E-state index is 10.2. The summed E-state index contributed by atoms with van der Waals surface area (Å²) in [6.45, 7) is 4.26. The number of hydrogen-bond donors (Lipinski definition) is 2. The van der Waals surface area contributed by atoms with Gasteiger partial charge in [-0.1, -0.05) is 22.4 Å². The van der Waals surface area contributed by atoms with Gasteiger partial charge in [-0.15, -0.1) is 0 Å². The van der Waals surface area contributed by atoms with Gasteiger partial charge in [0.15, 0.2) is 0 Å². The molecule has 1 atom stereocenters. The minimum absolute atomic E-state index is 0.383. The van der Waals surface area contributed by atoms with Crippen LogP contribution in [0.2, 0.25) is 0 Å². The molecule has 1 aliphatic carbocycles. The first-order valence-corrected chi connectivity index (χ1v) is 7.98. The summed E-state index contributed by atoms with van der Waals surface area (Å²) in [6.07, 6.45) is 3.92. The summed E-state index contributed by atoms with van der Waals surface area (Å²) >= 11 is 3.54. The molecule has 104 valence electrons. The standard InChI is InChI=1S/C15H21BrN2O/c16-12-4-5-14(19)13(10-12)15(11-2-1-3-11)18-8-6-17-7-9-18/h4-5,10-11,15,17,19H,1-3,6-9H2/t15-/m1/s1. The SMILES string of the molecule is Oc1ccc(Br)cc1[C@@H](C1CCC1)N1CCNCC1. The van der Waals surface area contributed by atoms with Crippen molar-refractivity contribution in [1.82, 2.24) is 10.2 Å². The van der Waals surface area contributed by atoms with Crippen LogP contribution in [-0.4, -0.2) is 36.2 Å². The molecule has 1 aromatic carbocycles. The van der Waals surface area contributed by atoms with Crippen LogP contribution in [0.5, 0.6) is 5.75 Å². The molecule has 1 saturated carbocycles. The Balaban J connectivity index is 1.90. The van der Waals surface area contributed by atoms with Crippen molar-refractivity contribution >= 4 is 15.9 Å². The minimum atomic E-state index is 0.383. The van der Waals surface area contributed by atoms with Gasteiger partial charge in [0.2, 0.25) is 0 Å². The first-order chi connectivity index (χ1) is 9.25. The maximum atomic E-state index is 10.2. The zero-order chi connectivity index (χ0) is 13.2.